The highest BCUT2D eigenvalue weighted by Gasteiger charge is 2.01. The normalized spacial score (nSPS) is 9.33. The van der Waals surface area contributed by atoms with E-state index in [2.05, 4.69) is 0 Å². The number of benzene rings is 2. The van der Waals surface area contributed by atoms with Crippen molar-refractivity contribution in [3.8, 4) is 17.2 Å². The van der Waals surface area contributed by atoms with Gasteiger partial charge in [-0.05, 0) is 62.4 Å². The molecular formula is C18H22O3. The van der Waals surface area contributed by atoms with Gasteiger partial charge in [0.1, 0.15) is 17.2 Å². The predicted octanol–water partition coefficient (Wildman–Crippen LogP) is 5.11. The van der Waals surface area contributed by atoms with E-state index in [1.165, 1.54) is 0 Å². The summed E-state index contributed by atoms with van der Waals surface area (Å²) in [4.78, 5) is 11.2. The third kappa shape index (κ3) is 5.30. The van der Waals surface area contributed by atoms with Gasteiger partial charge in [0, 0.05) is 5.56 Å². The van der Waals surface area contributed by atoms with E-state index < -0.39 is 0 Å². The summed E-state index contributed by atoms with van der Waals surface area (Å²) in [5.41, 5.74) is 0.680. The fourth-order valence-electron chi connectivity index (χ4n) is 1.66. The van der Waals surface area contributed by atoms with Crippen LogP contribution in [0.3, 0.4) is 0 Å². The SMILES string of the molecule is CC.CCOc1ccc(Oc2ccc(C(C)=O)cc2)cc1. The summed E-state index contributed by atoms with van der Waals surface area (Å²) in [5, 5.41) is 0. The fourth-order valence-corrected chi connectivity index (χ4v) is 1.66. The first-order chi connectivity index (χ1) is 10.2. The van der Waals surface area contributed by atoms with Crippen LogP contribution in [0.15, 0.2) is 48.5 Å². The van der Waals surface area contributed by atoms with E-state index in [4.69, 9.17) is 9.47 Å². The van der Waals surface area contributed by atoms with Crippen molar-refractivity contribution in [3.05, 3.63) is 54.1 Å². The minimum Gasteiger partial charge on any atom is -0.494 e. The van der Waals surface area contributed by atoms with Gasteiger partial charge in [-0.25, -0.2) is 0 Å². The van der Waals surface area contributed by atoms with Gasteiger partial charge in [0.2, 0.25) is 0 Å². The molecule has 3 nitrogen and oxygen atoms in total. The lowest BCUT2D eigenvalue weighted by Gasteiger charge is -2.07. The van der Waals surface area contributed by atoms with Gasteiger partial charge in [0.15, 0.2) is 5.78 Å². The highest BCUT2D eigenvalue weighted by atomic mass is 16.5. The molecule has 0 bridgehead atoms. The number of carbonyl (C=O) groups excluding carboxylic acids is 1. The second kappa shape index (κ2) is 8.80. The van der Waals surface area contributed by atoms with Crippen molar-refractivity contribution in [2.75, 3.05) is 6.61 Å². The van der Waals surface area contributed by atoms with Crippen LogP contribution in [0.4, 0.5) is 0 Å². The van der Waals surface area contributed by atoms with Gasteiger partial charge in [0.05, 0.1) is 6.61 Å². The molecule has 0 N–H and O–H groups in total. The van der Waals surface area contributed by atoms with Crippen LogP contribution < -0.4 is 9.47 Å². The molecule has 21 heavy (non-hydrogen) atoms. The molecule has 2 aromatic rings. The first-order valence-electron chi connectivity index (χ1n) is 7.21. The predicted molar refractivity (Wildman–Crippen MR) is 85.5 cm³/mol. The number of ether oxygens (including phenoxy) is 2. The van der Waals surface area contributed by atoms with E-state index in [0.29, 0.717) is 17.9 Å². The standard InChI is InChI=1S/C16H16O3.C2H6/c1-3-18-14-8-10-16(11-9-14)19-15-6-4-13(5-7-15)12(2)17;1-2/h4-11H,3H2,1-2H3;1-2H3. The Morgan fingerprint density at radius 1 is 0.857 bits per heavy atom. The van der Waals surface area contributed by atoms with Gasteiger partial charge in [-0.3, -0.25) is 4.79 Å². The number of carbonyl (C=O) groups is 1. The Bertz CT molecular complexity index is 542. The van der Waals surface area contributed by atoms with Crippen molar-refractivity contribution in [1.29, 1.82) is 0 Å². The molecular weight excluding hydrogens is 264 g/mol. The third-order valence-electron chi connectivity index (χ3n) is 2.63. The summed E-state index contributed by atoms with van der Waals surface area (Å²) in [6, 6.07) is 14.5. The van der Waals surface area contributed by atoms with Crippen molar-refractivity contribution >= 4 is 5.78 Å². The highest BCUT2D eigenvalue weighted by molar-refractivity contribution is 5.94. The summed E-state index contributed by atoms with van der Waals surface area (Å²) in [6.07, 6.45) is 0. The quantitative estimate of drug-likeness (QED) is 0.717. The lowest BCUT2D eigenvalue weighted by Crippen LogP contribution is -1.92. The Hall–Kier alpha value is -2.29. The van der Waals surface area contributed by atoms with Crippen molar-refractivity contribution < 1.29 is 14.3 Å². The van der Waals surface area contributed by atoms with Crippen LogP contribution in [0.5, 0.6) is 17.2 Å². The average Bonchev–Trinajstić information content (AvgIpc) is 2.52. The van der Waals surface area contributed by atoms with Crippen LogP contribution >= 0.6 is 0 Å². The molecule has 0 atom stereocenters. The zero-order valence-electron chi connectivity index (χ0n) is 13.1. The van der Waals surface area contributed by atoms with Gasteiger partial charge < -0.3 is 9.47 Å². The molecule has 0 aliphatic rings. The molecule has 0 saturated carbocycles. The fraction of sp³-hybridized carbons (Fsp3) is 0.278. The molecule has 0 radical (unpaired) electrons. The van der Waals surface area contributed by atoms with Crippen LogP contribution in [0, 0.1) is 0 Å². The Morgan fingerprint density at radius 2 is 1.29 bits per heavy atom. The second-order valence-electron chi connectivity index (χ2n) is 4.09. The van der Waals surface area contributed by atoms with Crippen LogP contribution in [0.25, 0.3) is 0 Å². The van der Waals surface area contributed by atoms with E-state index in [-0.39, 0.29) is 5.78 Å². The van der Waals surface area contributed by atoms with E-state index in [0.717, 1.165) is 11.5 Å². The zero-order chi connectivity index (χ0) is 15.7. The molecule has 0 amide bonds. The lowest BCUT2D eigenvalue weighted by atomic mass is 10.1. The van der Waals surface area contributed by atoms with E-state index >= 15 is 0 Å². The molecule has 0 aromatic heterocycles. The Morgan fingerprint density at radius 3 is 1.71 bits per heavy atom. The highest BCUT2D eigenvalue weighted by Crippen LogP contribution is 2.24. The molecule has 0 unspecified atom stereocenters. The van der Waals surface area contributed by atoms with Crippen LogP contribution in [-0.4, -0.2) is 12.4 Å². The minimum absolute atomic E-state index is 0.0487. The Balaban J connectivity index is 0.00000106. The monoisotopic (exact) mass is 286 g/mol. The van der Waals surface area contributed by atoms with Crippen LogP contribution in [-0.2, 0) is 0 Å². The smallest absolute Gasteiger partial charge is 0.159 e. The van der Waals surface area contributed by atoms with Crippen molar-refractivity contribution in [2.24, 2.45) is 0 Å². The maximum absolute atomic E-state index is 11.2. The molecule has 2 aromatic carbocycles. The van der Waals surface area contributed by atoms with Gasteiger partial charge in [-0.1, -0.05) is 13.8 Å². The number of hydrogen-bond donors (Lipinski definition) is 0. The van der Waals surface area contributed by atoms with Crippen molar-refractivity contribution in [2.45, 2.75) is 27.7 Å². The lowest BCUT2D eigenvalue weighted by molar-refractivity contribution is 0.101. The second-order valence-corrected chi connectivity index (χ2v) is 4.09. The Kier molecular flexibility index (Phi) is 7.02. The number of hydrogen-bond acceptors (Lipinski definition) is 3. The first kappa shape index (κ1) is 16.8. The molecule has 2 rings (SSSR count). The van der Waals surface area contributed by atoms with Crippen LogP contribution in [0.2, 0.25) is 0 Å². The van der Waals surface area contributed by atoms with E-state index in [1.54, 1.807) is 31.2 Å². The maximum atomic E-state index is 11.2. The van der Waals surface area contributed by atoms with Gasteiger partial charge in [-0.2, -0.15) is 0 Å². The number of rotatable bonds is 5. The van der Waals surface area contributed by atoms with Gasteiger partial charge in [-0.15, -0.1) is 0 Å². The average molecular weight is 286 g/mol. The molecule has 0 spiro atoms. The summed E-state index contributed by atoms with van der Waals surface area (Å²) in [5.74, 6) is 2.31. The van der Waals surface area contributed by atoms with Crippen molar-refractivity contribution in [1.82, 2.24) is 0 Å². The summed E-state index contributed by atoms with van der Waals surface area (Å²) in [7, 11) is 0. The van der Waals surface area contributed by atoms with Gasteiger partial charge in [0.25, 0.3) is 0 Å². The summed E-state index contributed by atoms with van der Waals surface area (Å²) >= 11 is 0. The van der Waals surface area contributed by atoms with Crippen LogP contribution in [0.1, 0.15) is 38.1 Å². The topological polar surface area (TPSA) is 35.5 Å². The van der Waals surface area contributed by atoms with E-state index in [1.807, 2.05) is 45.0 Å². The zero-order valence-corrected chi connectivity index (χ0v) is 13.1. The summed E-state index contributed by atoms with van der Waals surface area (Å²) < 4.78 is 11.0. The maximum Gasteiger partial charge on any atom is 0.159 e. The third-order valence-corrected chi connectivity index (χ3v) is 2.63. The van der Waals surface area contributed by atoms with Gasteiger partial charge >= 0.3 is 0 Å². The molecule has 0 heterocycles. The summed E-state index contributed by atoms with van der Waals surface area (Å²) in [6.45, 7) is 8.13. The molecule has 0 aliphatic heterocycles. The van der Waals surface area contributed by atoms with E-state index in [9.17, 15) is 4.79 Å². The van der Waals surface area contributed by atoms with Crippen molar-refractivity contribution in [3.63, 3.8) is 0 Å². The molecule has 112 valence electrons. The molecule has 0 fully saturated rings. The largest absolute Gasteiger partial charge is 0.494 e. The molecule has 0 aliphatic carbocycles. The number of Topliss-reactive ketones (excluding diaryl/α,β-unsaturated/α-hetero) is 1. The molecule has 3 heteroatoms. The molecule has 0 saturated heterocycles. The minimum atomic E-state index is 0.0487. The number of ketones is 1. The Labute approximate surface area is 126 Å². The first-order valence-corrected chi connectivity index (χ1v) is 7.21.